The highest BCUT2D eigenvalue weighted by atomic mass is 16.5. The van der Waals surface area contributed by atoms with Crippen LogP contribution in [0, 0.1) is 16.7 Å². The number of Topliss-reactive ketones (excluding diaryl/α,β-unsaturated/α-hetero) is 1. The maximum atomic E-state index is 13.9. The molecule has 1 saturated carbocycles. The van der Waals surface area contributed by atoms with E-state index in [-0.39, 0.29) is 18.9 Å². The molecule has 0 spiro atoms. The Morgan fingerprint density at radius 2 is 1.84 bits per heavy atom. The van der Waals surface area contributed by atoms with Crippen molar-refractivity contribution < 1.29 is 34.4 Å². The van der Waals surface area contributed by atoms with Crippen molar-refractivity contribution in [1.82, 2.24) is 0 Å². The van der Waals surface area contributed by atoms with Gasteiger partial charge in [0.25, 0.3) is 6.47 Å². The first-order chi connectivity index (χ1) is 14.4. The Kier molecular flexibility index (Phi) is 6.74. The second-order valence-electron chi connectivity index (χ2n) is 10.4. The molecule has 7 atom stereocenters. The van der Waals surface area contributed by atoms with E-state index in [4.69, 9.17) is 9.47 Å². The van der Waals surface area contributed by atoms with Crippen molar-refractivity contribution in [3.8, 4) is 0 Å². The molecule has 2 fully saturated rings. The molecule has 1 heterocycles. The SMILES string of the molecule is CCC1=C2C(O)C(=O)C3(C)C(O)CC[C@H](C)OCCC3CC(O)(C[C@@H]1OC=O)C2(C)C. The molecule has 0 radical (unpaired) electrons. The van der Waals surface area contributed by atoms with Crippen LogP contribution in [0.4, 0.5) is 0 Å². The van der Waals surface area contributed by atoms with Crippen molar-refractivity contribution in [3.63, 3.8) is 0 Å². The number of rotatable bonds is 3. The van der Waals surface area contributed by atoms with Gasteiger partial charge in [-0.25, -0.2) is 0 Å². The molecular formula is C24H38O7. The van der Waals surface area contributed by atoms with Crippen LogP contribution in [-0.4, -0.2) is 64.2 Å². The molecular weight excluding hydrogens is 400 g/mol. The monoisotopic (exact) mass is 438 g/mol. The maximum absolute atomic E-state index is 13.9. The molecule has 3 rings (SSSR count). The average molecular weight is 439 g/mol. The van der Waals surface area contributed by atoms with E-state index in [2.05, 4.69) is 0 Å². The molecule has 7 heteroatoms. The van der Waals surface area contributed by atoms with Gasteiger partial charge in [0, 0.05) is 18.4 Å². The lowest BCUT2D eigenvalue weighted by Gasteiger charge is -2.57. The fourth-order valence-corrected chi connectivity index (χ4v) is 6.25. The number of hydrogen-bond donors (Lipinski definition) is 3. The Balaban J connectivity index is 2.22. The normalized spacial score (nSPS) is 43.6. The minimum absolute atomic E-state index is 0.0404. The van der Waals surface area contributed by atoms with Crippen molar-refractivity contribution >= 4 is 12.3 Å². The second-order valence-corrected chi connectivity index (χ2v) is 10.4. The van der Waals surface area contributed by atoms with Crippen molar-refractivity contribution in [2.24, 2.45) is 16.7 Å². The van der Waals surface area contributed by atoms with E-state index in [1.54, 1.807) is 6.92 Å². The van der Waals surface area contributed by atoms with Crippen LogP contribution < -0.4 is 0 Å². The van der Waals surface area contributed by atoms with Crippen LogP contribution in [0.15, 0.2) is 11.1 Å². The first kappa shape index (κ1) is 24.4. The average Bonchev–Trinajstić information content (AvgIpc) is 2.75. The van der Waals surface area contributed by atoms with E-state index in [9.17, 15) is 24.9 Å². The van der Waals surface area contributed by atoms with Gasteiger partial charge < -0.3 is 24.8 Å². The zero-order valence-corrected chi connectivity index (χ0v) is 19.4. The van der Waals surface area contributed by atoms with Gasteiger partial charge in [0.1, 0.15) is 12.2 Å². The Morgan fingerprint density at radius 3 is 2.45 bits per heavy atom. The minimum Gasteiger partial charge on any atom is -0.460 e. The van der Waals surface area contributed by atoms with E-state index in [1.165, 1.54) is 0 Å². The summed E-state index contributed by atoms with van der Waals surface area (Å²) < 4.78 is 11.2. The van der Waals surface area contributed by atoms with Gasteiger partial charge >= 0.3 is 0 Å². The fourth-order valence-electron chi connectivity index (χ4n) is 6.25. The van der Waals surface area contributed by atoms with Gasteiger partial charge in [0.15, 0.2) is 5.78 Å². The second kappa shape index (κ2) is 8.58. The molecule has 1 saturated heterocycles. The summed E-state index contributed by atoms with van der Waals surface area (Å²) in [6.07, 6.45) is -0.806. The van der Waals surface area contributed by atoms with E-state index < -0.39 is 46.4 Å². The van der Waals surface area contributed by atoms with Crippen LogP contribution in [0.25, 0.3) is 0 Å². The third-order valence-electron chi connectivity index (χ3n) is 8.59. The fraction of sp³-hybridized carbons (Fsp3) is 0.833. The molecule has 31 heavy (non-hydrogen) atoms. The molecule has 3 aliphatic rings. The van der Waals surface area contributed by atoms with E-state index >= 15 is 0 Å². The van der Waals surface area contributed by atoms with E-state index in [1.807, 2.05) is 27.7 Å². The Bertz CT molecular complexity index is 744. The summed E-state index contributed by atoms with van der Waals surface area (Å²) in [4.78, 5) is 25.1. The molecule has 3 N–H and O–H groups in total. The molecule has 2 bridgehead atoms. The summed E-state index contributed by atoms with van der Waals surface area (Å²) in [5, 5.41) is 34.6. The Hall–Kier alpha value is -1.28. The van der Waals surface area contributed by atoms with Gasteiger partial charge in [0.2, 0.25) is 0 Å². The van der Waals surface area contributed by atoms with E-state index in [0.29, 0.717) is 49.9 Å². The van der Waals surface area contributed by atoms with Gasteiger partial charge in [-0.15, -0.1) is 0 Å². The zero-order valence-electron chi connectivity index (χ0n) is 19.4. The molecule has 0 aromatic carbocycles. The molecule has 1 aliphatic heterocycles. The van der Waals surface area contributed by atoms with Crippen LogP contribution in [0.3, 0.4) is 0 Å². The number of aliphatic hydroxyl groups excluding tert-OH is 2. The summed E-state index contributed by atoms with van der Waals surface area (Å²) in [5.74, 6) is -0.830. The zero-order chi connectivity index (χ0) is 23.2. The predicted molar refractivity (Wildman–Crippen MR) is 114 cm³/mol. The number of hydrogen-bond acceptors (Lipinski definition) is 7. The molecule has 176 valence electrons. The summed E-state index contributed by atoms with van der Waals surface area (Å²) >= 11 is 0. The Morgan fingerprint density at radius 1 is 1.16 bits per heavy atom. The molecule has 0 amide bonds. The summed E-state index contributed by atoms with van der Waals surface area (Å²) in [6.45, 7) is 10.0. The van der Waals surface area contributed by atoms with Gasteiger partial charge in [-0.05, 0) is 63.0 Å². The van der Waals surface area contributed by atoms with Gasteiger partial charge in [-0.2, -0.15) is 0 Å². The van der Waals surface area contributed by atoms with E-state index in [0.717, 1.165) is 0 Å². The first-order valence-electron chi connectivity index (χ1n) is 11.5. The summed E-state index contributed by atoms with van der Waals surface area (Å²) in [7, 11) is 0. The lowest BCUT2D eigenvalue weighted by Crippen LogP contribution is -2.63. The van der Waals surface area contributed by atoms with Crippen LogP contribution in [0.2, 0.25) is 0 Å². The number of ether oxygens (including phenoxy) is 2. The van der Waals surface area contributed by atoms with Crippen LogP contribution in [-0.2, 0) is 19.1 Å². The van der Waals surface area contributed by atoms with Gasteiger partial charge in [-0.3, -0.25) is 9.59 Å². The predicted octanol–water partition coefficient (Wildman–Crippen LogP) is 2.30. The molecule has 0 aromatic rings. The first-order valence-corrected chi connectivity index (χ1v) is 11.5. The number of ketones is 1. The van der Waals surface area contributed by atoms with Crippen LogP contribution >= 0.6 is 0 Å². The molecule has 2 aliphatic carbocycles. The topological polar surface area (TPSA) is 113 Å². The molecule has 7 nitrogen and oxygen atoms in total. The lowest BCUT2D eigenvalue weighted by molar-refractivity contribution is -0.171. The number of fused-ring (bicyclic) bond motifs is 3. The largest absolute Gasteiger partial charge is 0.460 e. The minimum atomic E-state index is -1.49. The van der Waals surface area contributed by atoms with Gasteiger partial charge in [-0.1, -0.05) is 20.8 Å². The van der Waals surface area contributed by atoms with Crippen molar-refractivity contribution in [2.45, 2.75) is 103 Å². The molecule has 0 aromatic heterocycles. The third kappa shape index (κ3) is 3.77. The smallest absolute Gasteiger partial charge is 0.293 e. The maximum Gasteiger partial charge on any atom is 0.293 e. The van der Waals surface area contributed by atoms with Gasteiger partial charge in [0.05, 0.1) is 23.2 Å². The van der Waals surface area contributed by atoms with Crippen LogP contribution in [0.1, 0.15) is 73.1 Å². The number of carbonyl (C=O) groups is 2. The van der Waals surface area contributed by atoms with Crippen molar-refractivity contribution in [3.05, 3.63) is 11.1 Å². The standard InChI is InChI=1S/C24H38O7/c1-6-16-17(31-13-25)12-24(29)11-15-9-10-30-14(2)7-8-18(26)23(15,5)21(28)20(27)19(16)22(24,3)4/h13-15,17-18,20,26-27,29H,6-12H2,1-5H3/t14-,15?,17-,18?,20?,23?,24?/m0/s1. The summed E-state index contributed by atoms with van der Waals surface area (Å²) in [5.41, 5.74) is -2.35. The number of aliphatic hydroxyl groups is 3. The van der Waals surface area contributed by atoms with Crippen molar-refractivity contribution in [1.29, 1.82) is 0 Å². The highest BCUT2D eigenvalue weighted by Gasteiger charge is 2.62. The lowest BCUT2D eigenvalue weighted by atomic mass is 9.50. The Labute approximate surface area is 184 Å². The van der Waals surface area contributed by atoms with Crippen LogP contribution in [0.5, 0.6) is 0 Å². The quantitative estimate of drug-likeness (QED) is 0.458. The number of carbonyl (C=O) groups excluding carboxylic acids is 2. The molecule has 5 unspecified atom stereocenters. The summed E-state index contributed by atoms with van der Waals surface area (Å²) in [6, 6.07) is 0. The third-order valence-corrected chi connectivity index (χ3v) is 8.59. The highest BCUT2D eigenvalue weighted by Crippen LogP contribution is 2.58. The highest BCUT2D eigenvalue weighted by molar-refractivity contribution is 5.92. The van der Waals surface area contributed by atoms with Crippen molar-refractivity contribution in [2.75, 3.05) is 6.61 Å².